The van der Waals surface area contributed by atoms with Crippen LogP contribution in [0.1, 0.15) is 52.6 Å². The number of rotatable bonds is 9. The Morgan fingerprint density at radius 3 is 2.19 bits per heavy atom. The highest BCUT2D eigenvalue weighted by Crippen LogP contribution is 2.19. The SMILES string of the molecule is CCNC(CCN(CC(C)C)C(C)C)c1ccc(F)cc1. The van der Waals surface area contributed by atoms with Gasteiger partial charge in [-0.2, -0.15) is 0 Å². The van der Waals surface area contributed by atoms with Crippen molar-refractivity contribution in [1.29, 1.82) is 0 Å². The highest BCUT2D eigenvalue weighted by atomic mass is 19.1. The van der Waals surface area contributed by atoms with Crippen LogP contribution < -0.4 is 5.32 Å². The lowest BCUT2D eigenvalue weighted by Gasteiger charge is -2.30. The molecule has 0 aromatic heterocycles. The lowest BCUT2D eigenvalue weighted by atomic mass is 10.0. The molecular formula is C18H31FN2. The maximum atomic E-state index is 13.1. The summed E-state index contributed by atoms with van der Waals surface area (Å²) in [6.45, 7) is 14.3. The number of hydrogen-bond donors (Lipinski definition) is 1. The Morgan fingerprint density at radius 1 is 1.10 bits per heavy atom. The van der Waals surface area contributed by atoms with Crippen molar-refractivity contribution in [3.05, 3.63) is 35.6 Å². The second kappa shape index (κ2) is 9.16. The predicted octanol–water partition coefficient (Wildman–Crippen LogP) is 4.23. The average Bonchev–Trinajstić information content (AvgIpc) is 2.42. The van der Waals surface area contributed by atoms with Crippen LogP contribution in [0.4, 0.5) is 4.39 Å². The molecule has 1 aromatic carbocycles. The Bertz CT molecular complexity index is 387. The monoisotopic (exact) mass is 294 g/mol. The minimum absolute atomic E-state index is 0.169. The third-order valence-corrected chi connectivity index (χ3v) is 3.76. The molecule has 0 spiro atoms. The van der Waals surface area contributed by atoms with Crippen molar-refractivity contribution in [2.45, 2.75) is 53.1 Å². The number of halogens is 1. The smallest absolute Gasteiger partial charge is 0.123 e. The van der Waals surface area contributed by atoms with E-state index in [4.69, 9.17) is 0 Å². The molecule has 0 aliphatic rings. The quantitative estimate of drug-likeness (QED) is 0.733. The highest BCUT2D eigenvalue weighted by molar-refractivity contribution is 5.19. The third kappa shape index (κ3) is 6.58. The zero-order valence-corrected chi connectivity index (χ0v) is 14.2. The minimum atomic E-state index is -0.169. The largest absolute Gasteiger partial charge is 0.310 e. The van der Waals surface area contributed by atoms with Gasteiger partial charge < -0.3 is 10.2 Å². The summed E-state index contributed by atoms with van der Waals surface area (Å²) in [6, 6.07) is 7.74. The molecule has 0 saturated heterocycles. The third-order valence-electron chi connectivity index (χ3n) is 3.76. The molecule has 0 fully saturated rings. The molecule has 0 aliphatic carbocycles. The predicted molar refractivity (Wildman–Crippen MR) is 89.0 cm³/mol. The van der Waals surface area contributed by atoms with E-state index in [0.29, 0.717) is 18.0 Å². The molecule has 3 heteroatoms. The summed E-state index contributed by atoms with van der Waals surface area (Å²) in [5.41, 5.74) is 1.17. The van der Waals surface area contributed by atoms with Gasteiger partial charge in [0.1, 0.15) is 5.82 Å². The summed E-state index contributed by atoms with van der Waals surface area (Å²) >= 11 is 0. The fourth-order valence-corrected chi connectivity index (χ4v) is 2.65. The van der Waals surface area contributed by atoms with E-state index in [0.717, 1.165) is 26.1 Å². The zero-order valence-electron chi connectivity index (χ0n) is 14.2. The lowest BCUT2D eigenvalue weighted by molar-refractivity contribution is 0.188. The van der Waals surface area contributed by atoms with Gasteiger partial charge in [0, 0.05) is 25.2 Å². The van der Waals surface area contributed by atoms with Crippen LogP contribution in [-0.2, 0) is 0 Å². The molecule has 1 rings (SSSR count). The molecule has 120 valence electrons. The van der Waals surface area contributed by atoms with Crippen molar-refractivity contribution in [3.8, 4) is 0 Å². The van der Waals surface area contributed by atoms with Crippen LogP contribution in [0, 0.1) is 11.7 Å². The molecule has 1 N–H and O–H groups in total. The first-order valence-corrected chi connectivity index (χ1v) is 8.16. The van der Waals surface area contributed by atoms with Gasteiger partial charge >= 0.3 is 0 Å². The Morgan fingerprint density at radius 2 is 1.71 bits per heavy atom. The van der Waals surface area contributed by atoms with Crippen molar-refractivity contribution >= 4 is 0 Å². The van der Waals surface area contributed by atoms with Gasteiger partial charge in [0.2, 0.25) is 0 Å². The van der Waals surface area contributed by atoms with Crippen LogP contribution in [0.2, 0.25) is 0 Å². The molecule has 1 aromatic rings. The van der Waals surface area contributed by atoms with Crippen molar-refractivity contribution in [3.63, 3.8) is 0 Å². The van der Waals surface area contributed by atoms with E-state index in [9.17, 15) is 4.39 Å². The average molecular weight is 294 g/mol. The Kier molecular flexibility index (Phi) is 7.91. The number of benzene rings is 1. The van der Waals surface area contributed by atoms with E-state index < -0.39 is 0 Å². The molecule has 1 unspecified atom stereocenters. The number of nitrogens with one attached hydrogen (secondary N) is 1. The van der Waals surface area contributed by atoms with Gasteiger partial charge in [0.05, 0.1) is 0 Å². The van der Waals surface area contributed by atoms with Gasteiger partial charge in [-0.1, -0.05) is 32.9 Å². The molecule has 0 radical (unpaired) electrons. The van der Waals surface area contributed by atoms with Gasteiger partial charge in [-0.05, 0) is 50.4 Å². The van der Waals surface area contributed by atoms with Crippen molar-refractivity contribution < 1.29 is 4.39 Å². The van der Waals surface area contributed by atoms with E-state index in [1.54, 1.807) is 12.1 Å². The molecule has 0 bridgehead atoms. The van der Waals surface area contributed by atoms with Crippen LogP contribution in [0.5, 0.6) is 0 Å². The van der Waals surface area contributed by atoms with E-state index >= 15 is 0 Å². The van der Waals surface area contributed by atoms with Crippen LogP contribution in [0.15, 0.2) is 24.3 Å². The van der Waals surface area contributed by atoms with Crippen molar-refractivity contribution in [2.24, 2.45) is 5.92 Å². The number of nitrogens with zero attached hydrogens (tertiary/aromatic N) is 1. The van der Waals surface area contributed by atoms with Gasteiger partial charge in [-0.3, -0.25) is 0 Å². The fourth-order valence-electron chi connectivity index (χ4n) is 2.65. The molecule has 1 atom stereocenters. The minimum Gasteiger partial charge on any atom is -0.310 e. The Balaban J connectivity index is 2.67. The molecule has 0 heterocycles. The van der Waals surface area contributed by atoms with Crippen molar-refractivity contribution in [2.75, 3.05) is 19.6 Å². The first kappa shape index (κ1) is 18.1. The summed E-state index contributed by atoms with van der Waals surface area (Å²) in [6.07, 6.45) is 1.05. The summed E-state index contributed by atoms with van der Waals surface area (Å²) in [5.74, 6) is 0.508. The summed E-state index contributed by atoms with van der Waals surface area (Å²) in [5, 5.41) is 3.52. The lowest BCUT2D eigenvalue weighted by Crippen LogP contribution is -2.37. The topological polar surface area (TPSA) is 15.3 Å². The maximum Gasteiger partial charge on any atom is 0.123 e. The van der Waals surface area contributed by atoms with Crippen LogP contribution in [-0.4, -0.2) is 30.6 Å². The Labute approximate surface area is 129 Å². The van der Waals surface area contributed by atoms with Gasteiger partial charge in [0.25, 0.3) is 0 Å². The van der Waals surface area contributed by atoms with E-state index in [1.807, 2.05) is 12.1 Å². The summed E-state index contributed by atoms with van der Waals surface area (Å²) < 4.78 is 13.1. The normalized spacial score (nSPS) is 13.4. The summed E-state index contributed by atoms with van der Waals surface area (Å²) in [4.78, 5) is 2.53. The second-order valence-electron chi connectivity index (χ2n) is 6.43. The summed E-state index contributed by atoms with van der Waals surface area (Å²) in [7, 11) is 0. The fraction of sp³-hybridized carbons (Fsp3) is 0.667. The molecule has 21 heavy (non-hydrogen) atoms. The van der Waals surface area contributed by atoms with E-state index in [-0.39, 0.29) is 5.82 Å². The van der Waals surface area contributed by atoms with E-state index in [1.165, 1.54) is 5.56 Å². The highest BCUT2D eigenvalue weighted by Gasteiger charge is 2.15. The van der Waals surface area contributed by atoms with Crippen LogP contribution >= 0.6 is 0 Å². The molecule has 0 saturated carbocycles. The van der Waals surface area contributed by atoms with Gasteiger partial charge in [0.15, 0.2) is 0 Å². The second-order valence-corrected chi connectivity index (χ2v) is 6.43. The van der Waals surface area contributed by atoms with Gasteiger partial charge in [-0.15, -0.1) is 0 Å². The van der Waals surface area contributed by atoms with Gasteiger partial charge in [-0.25, -0.2) is 4.39 Å². The van der Waals surface area contributed by atoms with E-state index in [2.05, 4.69) is 44.8 Å². The molecule has 2 nitrogen and oxygen atoms in total. The first-order chi connectivity index (χ1) is 9.93. The first-order valence-electron chi connectivity index (χ1n) is 8.16. The number of hydrogen-bond acceptors (Lipinski definition) is 2. The van der Waals surface area contributed by atoms with Crippen LogP contribution in [0.25, 0.3) is 0 Å². The zero-order chi connectivity index (χ0) is 15.8. The Hall–Kier alpha value is -0.930. The molecular weight excluding hydrogens is 263 g/mol. The standard InChI is InChI=1S/C18H31FN2/c1-6-20-18(16-7-9-17(19)10-8-16)11-12-21(15(4)5)13-14(2)3/h7-10,14-15,18,20H,6,11-13H2,1-5H3. The van der Waals surface area contributed by atoms with Crippen LogP contribution in [0.3, 0.4) is 0 Å². The molecule has 0 aliphatic heterocycles. The van der Waals surface area contributed by atoms with Crippen molar-refractivity contribution in [1.82, 2.24) is 10.2 Å². The maximum absolute atomic E-state index is 13.1. The molecule has 0 amide bonds.